The van der Waals surface area contributed by atoms with Crippen LogP contribution >= 0.6 is 0 Å². The zero-order valence-electron chi connectivity index (χ0n) is 8.59. The Morgan fingerprint density at radius 3 is 2.38 bits per heavy atom. The molecule has 1 atom stereocenters. The summed E-state index contributed by atoms with van der Waals surface area (Å²) < 4.78 is 5.35. The summed E-state index contributed by atoms with van der Waals surface area (Å²) in [6.07, 6.45) is 6.37. The zero-order valence-corrected chi connectivity index (χ0v) is 8.59. The number of nitrogens with two attached hydrogens (primary N) is 1. The maximum Gasteiger partial charge on any atom is 0.0468 e. The highest BCUT2D eigenvalue weighted by molar-refractivity contribution is 4.96. The van der Waals surface area contributed by atoms with Gasteiger partial charge >= 0.3 is 0 Å². The molecule has 0 spiro atoms. The van der Waals surface area contributed by atoms with Gasteiger partial charge in [-0.2, -0.15) is 0 Å². The molecule has 2 rings (SSSR count). The van der Waals surface area contributed by atoms with Crippen LogP contribution in [-0.4, -0.2) is 18.8 Å². The molecule has 0 aromatic heterocycles. The van der Waals surface area contributed by atoms with E-state index in [-0.39, 0.29) is 5.54 Å². The van der Waals surface area contributed by atoms with Gasteiger partial charge in [0, 0.05) is 18.8 Å². The first-order valence-corrected chi connectivity index (χ1v) is 5.55. The van der Waals surface area contributed by atoms with E-state index >= 15 is 0 Å². The van der Waals surface area contributed by atoms with Crippen molar-refractivity contribution >= 4 is 0 Å². The van der Waals surface area contributed by atoms with Gasteiger partial charge in [-0.25, -0.2) is 0 Å². The van der Waals surface area contributed by atoms with E-state index < -0.39 is 0 Å². The standard InChI is InChI=1S/C11H21NO/c1-11(12,10-2-3-10)8-9-4-6-13-7-5-9/h9-10H,2-8,12H2,1H3. The minimum absolute atomic E-state index is 0.113. The van der Waals surface area contributed by atoms with Crippen LogP contribution in [0.1, 0.15) is 39.0 Å². The van der Waals surface area contributed by atoms with E-state index in [1.54, 1.807) is 0 Å². The minimum Gasteiger partial charge on any atom is -0.381 e. The highest BCUT2D eigenvalue weighted by Crippen LogP contribution is 2.42. The average molecular weight is 183 g/mol. The molecule has 1 saturated heterocycles. The predicted octanol–water partition coefficient (Wildman–Crippen LogP) is 1.93. The second-order valence-electron chi connectivity index (χ2n) is 5.04. The molecule has 76 valence electrons. The summed E-state index contributed by atoms with van der Waals surface area (Å²) in [5, 5.41) is 0. The van der Waals surface area contributed by atoms with Gasteiger partial charge in [-0.15, -0.1) is 0 Å². The summed E-state index contributed by atoms with van der Waals surface area (Å²) in [5.74, 6) is 1.64. The van der Waals surface area contributed by atoms with Crippen molar-refractivity contribution in [3.8, 4) is 0 Å². The first-order chi connectivity index (χ1) is 6.18. The van der Waals surface area contributed by atoms with Crippen molar-refractivity contribution in [1.82, 2.24) is 0 Å². The lowest BCUT2D eigenvalue weighted by atomic mass is 9.82. The molecule has 1 aliphatic heterocycles. The molecule has 2 N–H and O–H groups in total. The van der Waals surface area contributed by atoms with Crippen LogP contribution in [0.15, 0.2) is 0 Å². The van der Waals surface area contributed by atoms with Gasteiger partial charge in [-0.1, -0.05) is 0 Å². The van der Waals surface area contributed by atoms with E-state index in [1.165, 1.54) is 32.1 Å². The van der Waals surface area contributed by atoms with Crippen molar-refractivity contribution < 1.29 is 4.74 Å². The van der Waals surface area contributed by atoms with Crippen LogP contribution in [0, 0.1) is 11.8 Å². The maximum absolute atomic E-state index is 6.31. The SMILES string of the molecule is CC(N)(CC1CCOCC1)C1CC1. The molecule has 2 aliphatic rings. The largest absolute Gasteiger partial charge is 0.381 e. The molecule has 13 heavy (non-hydrogen) atoms. The summed E-state index contributed by atoms with van der Waals surface area (Å²) in [6.45, 7) is 4.14. The second kappa shape index (κ2) is 3.58. The number of hydrogen-bond acceptors (Lipinski definition) is 2. The van der Waals surface area contributed by atoms with Crippen LogP contribution in [0.5, 0.6) is 0 Å². The van der Waals surface area contributed by atoms with Crippen LogP contribution in [0.4, 0.5) is 0 Å². The Kier molecular flexibility index (Phi) is 2.61. The van der Waals surface area contributed by atoms with Crippen LogP contribution in [-0.2, 0) is 4.74 Å². The molecule has 0 amide bonds. The first-order valence-electron chi connectivity index (χ1n) is 5.55. The van der Waals surface area contributed by atoms with Gasteiger partial charge in [0.05, 0.1) is 0 Å². The molecule has 0 aromatic carbocycles. The lowest BCUT2D eigenvalue weighted by molar-refractivity contribution is 0.0557. The van der Waals surface area contributed by atoms with Gasteiger partial charge in [0.1, 0.15) is 0 Å². The van der Waals surface area contributed by atoms with E-state index in [2.05, 4.69) is 6.92 Å². The fraction of sp³-hybridized carbons (Fsp3) is 1.00. The van der Waals surface area contributed by atoms with Crippen molar-refractivity contribution in [2.45, 2.75) is 44.6 Å². The van der Waals surface area contributed by atoms with Crippen molar-refractivity contribution in [2.24, 2.45) is 17.6 Å². The Labute approximate surface area is 80.8 Å². The Morgan fingerprint density at radius 2 is 1.85 bits per heavy atom. The van der Waals surface area contributed by atoms with Crippen molar-refractivity contribution in [3.05, 3.63) is 0 Å². The zero-order chi connectivity index (χ0) is 9.31. The van der Waals surface area contributed by atoms with Gasteiger partial charge in [0.15, 0.2) is 0 Å². The van der Waals surface area contributed by atoms with Crippen molar-refractivity contribution in [1.29, 1.82) is 0 Å². The third kappa shape index (κ3) is 2.44. The first kappa shape index (κ1) is 9.47. The molecule has 0 radical (unpaired) electrons. The molecule has 1 unspecified atom stereocenters. The summed E-state index contributed by atoms with van der Waals surface area (Å²) >= 11 is 0. The summed E-state index contributed by atoms with van der Waals surface area (Å²) in [6, 6.07) is 0. The van der Waals surface area contributed by atoms with Crippen molar-refractivity contribution in [2.75, 3.05) is 13.2 Å². The Morgan fingerprint density at radius 1 is 1.23 bits per heavy atom. The molecular weight excluding hydrogens is 162 g/mol. The third-order valence-electron chi connectivity index (χ3n) is 3.58. The van der Waals surface area contributed by atoms with Crippen LogP contribution in [0.2, 0.25) is 0 Å². The molecule has 1 heterocycles. The van der Waals surface area contributed by atoms with Crippen LogP contribution in [0.25, 0.3) is 0 Å². The molecule has 1 saturated carbocycles. The Bertz CT molecular complexity index is 169. The lowest BCUT2D eigenvalue weighted by Crippen LogP contribution is -2.41. The lowest BCUT2D eigenvalue weighted by Gasteiger charge is -2.31. The third-order valence-corrected chi connectivity index (χ3v) is 3.58. The van der Waals surface area contributed by atoms with Gasteiger partial charge in [0.2, 0.25) is 0 Å². The molecule has 0 aromatic rings. The Balaban J connectivity index is 1.80. The Hall–Kier alpha value is -0.0800. The van der Waals surface area contributed by atoms with Crippen LogP contribution in [0.3, 0.4) is 0 Å². The van der Waals surface area contributed by atoms with Gasteiger partial charge in [-0.3, -0.25) is 0 Å². The molecule has 1 aliphatic carbocycles. The predicted molar refractivity (Wildman–Crippen MR) is 53.5 cm³/mol. The second-order valence-corrected chi connectivity index (χ2v) is 5.04. The van der Waals surface area contributed by atoms with E-state index in [9.17, 15) is 0 Å². The smallest absolute Gasteiger partial charge is 0.0468 e. The molecule has 0 bridgehead atoms. The van der Waals surface area contributed by atoms with E-state index in [1.807, 2.05) is 0 Å². The molecule has 2 fully saturated rings. The molecule has 2 heteroatoms. The van der Waals surface area contributed by atoms with Gasteiger partial charge < -0.3 is 10.5 Å². The number of ether oxygens (including phenoxy) is 1. The maximum atomic E-state index is 6.31. The van der Waals surface area contributed by atoms with E-state index in [0.717, 1.165) is 25.0 Å². The van der Waals surface area contributed by atoms with E-state index in [4.69, 9.17) is 10.5 Å². The monoisotopic (exact) mass is 183 g/mol. The topological polar surface area (TPSA) is 35.2 Å². The van der Waals surface area contributed by atoms with Crippen LogP contribution < -0.4 is 5.73 Å². The number of rotatable bonds is 3. The highest BCUT2D eigenvalue weighted by Gasteiger charge is 2.39. The van der Waals surface area contributed by atoms with E-state index in [0.29, 0.717) is 0 Å². The minimum atomic E-state index is 0.113. The van der Waals surface area contributed by atoms with Gasteiger partial charge in [-0.05, 0) is 50.9 Å². The normalized spacial score (nSPS) is 30.0. The highest BCUT2D eigenvalue weighted by atomic mass is 16.5. The molecular formula is C11H21NO. The summed E-state index contributed by atoms with van der Waals surface area (Å²) in [5.41, 5.74) is 6.43. The van der Waals surface area contributed by atoms with Crippen molar-refractivity contribution in [3.63, 3.8) is 0 Å². The fourth-order valence-electron chi connectivity index (χ4n) is 2.48. The average Bonchev–Trinajstić information content (AvgIpc) is 2.87. The fourth-order valence-corrected chi connectivity index (χ4v) is 2.48. The summed E-state index contributed by atoms with van der Waals surface area (Å²) in [4.78, 5) is 0. The number of hydrogen-bond donors (Lipinski definition) is 1. The molecule has 2 nitrogen and oxygen atoms in total. The van der Waals surface area contributed by atoms with Gasteiger partial charge in [0.25, 0.3) is 0 Å². The quantitative estimate of drug-likeness (QED) is 0.725. The summed E-state index contributed by atoms with van der Waals surface area (Å²) in [7, 11) is 0.